The summed E-state index contributed by atoms with van der Waals surface area (Å²) < 4.78 is 0. The maximum atomic E-state index is 11.8. The molecule has 2 atom stereocenters. The summed E-state index contributed by atoms with van der Waals surface area (Å²) in [6.07, 6.45) is 0. The Hall–Kier alpha value is -1.10. The van der Waals surface area contributed by atoms with Gasteiger partial charge < -0.3 is 15.3 Å². The van der Waals surface area contributed by atoms with Gasteiger partial charge in [0.05, 0.1) is 5.92 Å². The molecule has 0 saturated carbocycles. The molecule has 0 aliphatic heterocycles. The van der Waals surface area contributed by atoms with E-state index in [2.05, 4.69) is 24.1 Å². The third-order valence-corrected chi connectivity index (χ3v) is 3.04. The molecule has 0 aromatic rings. The number of hydrogen-bond acceptors (Lipinski definition) is 3. The smallest absolute Gasteiger partial charge is 0.307 e. The lowest BCUT2D eigenvalue weighted by Crippen LogP contribution is -2.43. The Morgan fingerprint density at radius 1 is 1.22 bits per heavy atom. The van der Waals surface area contributed by atoms with Crippen LogP contribution in [0.4, 0.5) is 0 Å². The maximum absolute atomic E-state index is 11.8. The second kappa shape index (κ2) is 6.73. The number of carboxylic acids is 1. The molecule has 5 nitrogen and oxygen atoms in total. The molecule has 0 fully saturated rings. The highest BCUT2D eigenvalue weighted by Crippen LogP contribution is 2.16. The van der Waals surface area contributed by atoms with Crippen molar-refractivity contribution < 1.29 is 14.7 Å². The molecule has 1 amide bonds. The highest BCUT2D eigenvalue weighted by atomic mass is 16.4. The zero-order valence-electron chi connectivity index (χ0n) is 12.3. The van der Waals surface area contributed by atoms with Crippen LogP contribution >= 0.6 is 0 Å². The van der Waals surface area contributed by atoms with Gasteiger partial charge in [0.2, 0.25) is 5.91 Å². The van der Waals surface area contributed by atoms with Gasteiger partial charge >= 0.3 is 5.97 Å². The number of nitrogens with one attached hydrogen (secondary N) is 1. The number of carboxylic acid groups (broad SMARTS) is 1. The van der Waals surface area contributed by atoms with E-state index in [-0.39, 0.29) is 11.3 Å². The van der Waals surface area contributed by atoms with Gasteiger partial charge in [-0.2, -0.15) is 0 Å². The fraction of sp³-hybridized carbons (Fsp3) is 0.846. The Bertz CT molecular complexity index is 301. The first-order valence-corrected chi connectivity index (χ1v) is 6.22. The van der Waals surface area contributed by atoms with Gasteiger partial charge in [-0.1, -0.05) is 27.7 Å². The monoisotopic (exact) mass is 258 g/mol. The van der Waals surface area contributed by atoms with Crippen LogP contribution in [0.15, 0.2) is 0 Å². The molecule has 2 N–H and O–H groups in total. The topological polar surface area (TPSA) is 69.6 Å². The predicted octanol–water partition coefficient (Wildman–Crippen LogP) is 1.05. The maximum Gasteiger partial charge on any atom is 0.307 e. The van der Waals surface area contributed by atoms with Crippen molar-refractivity contribution in [2.75, 3.05) is 27.2 Å². The van der Waals surface area contributed by atoms with Crippen LogP contribution in [-0.2, 0) is 9.59 Å². The second-order valence-electron chi connectivity index (χ2n) is 6.04. The molecule has 5 heteroatoms. The van der Waals surface area contributed by atoms with Crippen LogP contribution in [0, 0.1) is 17.3 Å². The van der Waals surface area contributed by atoms with Crippen LogP contribution in [0.3, 0.4) is 0 Å². The molecular formula is C13H26N2O3. The fourth-order valence-corrected chi connectivity index (χ4v) is 1.84. The number of aliphatic carboxylic acids is 1. The molecule has 106 valence electrons. The molecule has 0 radical (unpaired) electrons. The Balaban J connectivity index is 4.29. The molecule has 0 aliphatic carbocycles. The lowest BCUT2D eigenvalue weighted by molar-refractivity contribution is -0.146. The van der Waals surface area contributed by atoms with E-state index in [4.69, 9.17) is 5.11 Å². The van der Waals surface area contributed by atoms with Crippen molar-refractivity contribution >= 4 is 11.9 Å². The van der Waals surface area contributed by atoms with Crippen molar-refractivity contribution in [3.63, 3.8) is 0 Å². The van der Waals surface area contributed by atoms with E-state index < -0.39 is 17.8 Å². The molecule has 2 unspecified atom stereocenters. The first kappa shape index (κ1) is 16.9. The lowest BCUT2D eigenvalue weighted by Gasteiger charge is -2.29. The lowest BCUT2D eigenvalue weighted by atomic mass is 9.91. The summed E-state index contributed by atoms with van der Waals surface area (Å²) >= 11 is 0. The average molecular weight is 258 g/mol. The van der Waals surface area contributed by atoms with Gasteiger partial charge in [-0.15, -0.1) is 0 Å². The van der Waals surface area contributed by atoms with Crippen LogP contribution in [0.25, 0.3) is 0 Å². The van der Waals surface area contributed by atoms with Gasteiger partial charge in [0.15, 0.2) is 0 Å². The number of hydrogen-bond donors (Lipinski definition) is 2. The van der Waals surface area contributed by atoms with Crippen LogP contribution in [0.1, 0.15) is 27.7 Å². The third-order valence-electron chi connectivity index (χ3n) is 3.04. The third kappa shape index (κ3) is 6.00. The van der Waals surface area contributed by atoms with Gasteiger partial charge in [-0.3, -0.25) is 9.59 Å². The molecule has 0 bridgehead atoms. The van der Waals surface area contributed by atoms with Gasteiger partial charge in [-0.05, 0) is 19.5 Å². The number of carbonyl (C=O) groups is 2. The molecule has 0 aromatic heterocycles. The van der Waals surface area contributed by atoms with Crippen LogP contribution in [0.2, 0.25) is 0 Å². The summed E-state index contributed by atoms with van der Waals surface area (Å²) in [4.78, 5) is 24.7. The summed E-state index contributed by atoms with van der Waals surface area (Å²) in [5, 5.41) is 11.7. The highest BCUT2D eigenvalue weighted by Gasteiger charge is 2.27. The standard InChI is InChI=1S/C13H26N2O3/c1-9(10(2)12(17)18)11(16)14-7-13(3,4)8-15(5)6/h9-10H,7-8H2,1-6H3,(H,14,16)(H,17,18). The van der Waals surface area contributed by atoms with Crippen molar-refractivity contribution in [3.8, 4) is 0 Å². The molecule has 0 saturated heterocycles. The van der Waals surface area contributed by atoms with Crippen molar-refractivity contribution in [1.82, 2.24) is 10.2 Å². The molecule has 0 spiro atoms. The van der Waals surface area contributed by atoms with E-state index in [1.807, 2.05) is 14.1 Å². The summed E-state index contributed by atoms with van der Waals surface area (Å²) in [5.41, 5.74) is -0.0364. The Morgan fingerprint density at radius 2 is 1.72 bits per heavy atom. The van der Waals surface area contributed by atoms with Gasteiger partial charge in [0.1, 0.15) is 0 Å². The molecular weight excluding hydrogens is 232 g/mol. The normalized spacial score (nSPS) is 15.3. The van der Waals surface area contributed by atoms with Crippen LogP contribution < -0.4 is 5.32 Å². The SMILES string of the molecule is CC(C(=O)O)C(C)C(=O)NCC(C)(C)CN(C)C. The second-order valence-corrected chi connectivity index (χ2v) is 6.04. The van der Waals surface area contributed by atoms with Crippen molar-refractivity contribution in [2.45, 2.75) is 27.7 Å². The van der Waals surface area contributed by atoms with E-state index in [1.54, 1.807) is 13.8 Å². The van der Waals surface area contributed by atoms with E-state index in [0.29, 0.717) is 6.54 Å². The van der Waals surface area contributed by atoms with Gasteiger partial charge in [-0.25, -0.2) is 0 Å². The van der Waals surface area contributed by atoms with Crippen molar-refractivity contribution in [2.24, 2.45) is 17.3 Å². The minimum atomic E-state index is -0.940. The van der Waals surface area contributed by atoms with Crippen molar-refractivity contribution in [1.29, 1.82) is 0 Å². The highest BCUT2D eigenvalue weighted by molar-refractivity contribution is 5.84. The summed E-state index contributed by atoms with van der Waals surface area (Å²) in [6, 6.07) is 0. The number of carbonyl (C=O) groups excluding carboxylic acids is 1. The Labute approximate surface area is 110 Å². The summed E-state index contributed by atoms with van der Waals surface area (Å²) in [7, 11) is 3.97. The minimum Gasteiger partial charge on any atom is -0.481 e. The van der Waals surface area contributed by atoms with E-state index >= 15 is 0 Å². The van der Waals surface area contributed by atoms with Gasteiger partial charge in [0, 0.05) is 19.0 Å². The fourth-order valence-electron chi connectivity index (χ4n) is 1.84. The summed E-state index contributed by atoms with van der Waals surface area (Å²) in [6.45, 7) is 8.73. The van der Waals surface area contributed by atoms with E-state index in [1.165, 1.54) is 0 Å². The molecule has 0 rings (SSSR count). The predicted molar refractivity (Wildman–Crippen MR) is 71.3 cm³/mol. The largest absolute Gasteiger partial charge is 0.481 e. The first-order valence-electron chi connectivity index (χ1n) is 6.22. The number of nitrogens with zero attached hydrogens (tertiary/aromatic N) is 1. The van der Waals surface area contributed by atoms with Crippen LogP contribution in [0.5, 0.6) is 0 Å². The number of amides is 1. The quantitative estimate of drug-likeness (QED) is 0.716. The number of rotatable bonds is 7. The zero-order valence-corrected chi connectivity index (χ0v) is 12.3. The first-order chi connectivity index (χ1) is 8.07. The van der Waals surface area contributed by atoms with Gasteiger partial charge in [0.25, 0.3) is 0 Å². The summed E-state index contributed by atoms with van der Waals surface area (Å²) in [5.74, 6) is -2.32. The molecule has 0 aromatic carbocycles. The van der Waals surface area contributed by atoms with E-state index in [0.717, 1.165) is 6.54 Å². The average Bonchev–Trinajstić information content (AvgIpc) is 2.21. The van der Waals surface area contributed by atoms with Crippen LogP contribution in [-0.4, -0.2) is 49.1 Å². The molecule has 18 heavy (non-hydrogen) atoms. The molecule has 0 aliphatic rings. The molecule has 0 heterocycles. The van der Waals surface area contributed by atoms with E-state index in [9.17, 15) is 9.59 Å². The van der Waals surface area contributed by atoms with Crippen molar-refractivity contribution in [3.05, 3.63) is 0 Å². The Morgan fingerprint density at radius 3 is 2.11 bits per heavy atom. The zero-order chi connectivity index (χ0) is 14.5. The Kier molecular flexibility index (Phi) is 6.32. The minimum absolute atomic E-state index is 0.0364.